The number of nitrogens with one attached hydrogen (secondary N) is 1. The number of esters is 1. The molecule has 130 valence electrons. The summed E-state index contributed by atoms with van der Waals surface area (Å²) in [6.45, 7) is 0.619. The molecule has 0 saturated heterocycles. The number of benzene rings is 1. The maximum absolute atomic E-state index is 13.1. The predicted molar refractivity (Wildman–Crippen MR) is 91.6 cm³/mol. The highest BCUT2D eigenvalue weighted by Crippen LogP contribution is 2.39. The molecule has 1 N–H and O–H groups in total. The Morgan fingerprint density at radius 1 is 1.40 bits per heavy atom. The normalized spacial score (nSPS) is 19.4. The van der Waals surface area contributed by atoms with Crippen LogP contribution < -0.4 is 5.32 Å². The van der Waals surface area contributed by atoms with E-state index in [0.29, 0.717) is 34.3 Å². The number of anilines is 1. The van der Waals surface area contributed by atoms with E-state index in [-0.39, 0.29) is 11.7 Å². The van der Waals surface area contributed by atoms with Gasteiger partial charge in [0.1, 0.15) is 6.17 Å². The molecule has 1 aromatic carbocycles. The lowest BCUT2D eigenvalue weighted by Gasteiger charge is -2.38. The molecule has 4 rings (SSSR count). The van der Waals surface area contributed by atoms with Crippen molar-refractivity contribution in [3.63, 3.8) is 0 Å². The second-order valence-corrected chi connectivity index (χ2v) is 6.77. The third-order valence-corrected chi connectivity index (χ3v) is 4.82. The smallest absolute Gasteiger partial charge is 0.374 e. The van der Waals surface area contributed by atoms with Crippen LogP contribution >= 0.6 is 11.6 Å². The lowest BCUT2D eigenvalue weighted by atomic mass is 10.0. The van der Waals surface area contributed by atoms with E-state index < -0.39 is 12.1 Å². The van der Waals surface area contributed by atoms with Gasteiger partial charge in [0.2, 0.25) is 5.76 Å². The molecular formula is C18H17ClN2O4. The fourth-order valence-corrected chi connectivity index (χ4v) is 3.29. The summed E-state index contributed by atoms with van der Waals surface area (Å²) in [6, 6.07) is 6.86. The zero-order valence-corrected chi connectivity index (χ0v) is 14.4. The highest BCUT2D eigenvalue weighted by atomic mass is 35.5. The minimum atomic E-state index is -0.567. The quantitative estimate of drug-likeness (QED) is 0.842. The molecule has 1 saturated carbocycles. The molecule has 1 fully saturated rings. The van der Waals surface area contributed by atoms with Crippen LogP contribution in [0, 0.1) is 5.92 Å². The maximum atomic E-state index is 13.1. The summed E-state index contributed by atoms with van der Waals surface area (Å²) in [5, 5.41) is 3.85. The molecule has 2 aliphatic rings. The van der Waals surface area contributed by atoms with Crippen molar-refractivity contribution in [2.24, 2.45) is 5.92 Å². The van der Waals surface area contributed by atoms with Gasteiger partial charge in [-0.1, -0.05) is 11.6 Å². The summed E-state index contributed by atoms with van der Waals surface area (Å²) in [7, 11) is 1.30. The van der Waals surface area contributed by atoms with E-state index in [9.17, 15) is 9.59 Å². The van der Waals surface area contributed by atoms with Gasteiger partial charge < -0.3 is 19.4 Å². The zero-order chi connectivity index (χ0) is 17.6. The largest absolute Gasteiger partial charge is 0.463 e. The van der Waals surface area contributed by atoms with E-state index in [1.165, 1.54) is 13.4 Å². The second-order valence-electron chi connectivity index (χ2n) is 6.33. The van der Waals surface area contributed by atoms with E-state index in [0.717, 1.165) is 12.8 Å². The van der Waals surface area contributed by atoms with Crippen LogP contribution in [-0.2, 0) is 4.74 Å². The summed E-state index contributed by atoms with van der Waals surface area (Å²) >= 11 is 6.05. The van der Waals surface area contributed by atoms with Gasteiger partial charge in [-0.15, -0.1) is 0 Å². The lowest BCUT2D eigenvalue weighted by molar-refractivity contribution is 0.0550. The number of ether oxygens (including phenoxy) is 1. The Balaban J connectivity index is 1.77. The van der Waals surface area contributed by atoms with Crippen molar-refractivity contribution in [3.8, 4) is 0 Å². The van der Waals surface area contributed by atoms with Crippen molar-refractivity contribution < 1.29 is 18.7 Å². The Hall–Kier alpha value is -2.47. The maximum Gasteiger partial charge on any atom is 0.374 e. The van der Waals surface area contributed by atoms with E-state index >= 15 is 0 Å². The number of halogens is 1. The molecule has 6 nitrogen and oxygen atoms in total. The molecule has 0 bridgehead atoms. The molecule has 1 aromatic heterocycles. The lowest BCUT2D eigenvalue weighted by Crippen LogP contribution is -2.44. The minimum Gasteiger partial charge on any atom is -0.463 e. The third-order valence-electron chi connectivity index (χ3n) is 4.59. The van der Waals surface area contributed by atoms with Gasteiger partial charge in [0.25, 0.3) is 5.91 Å². The average molecular weight is 361 g/mol. The molecule has 2 heterocycles. The zero-order valence-electron chi connectivity index (χ0n) is 13.6. The molecule has 1 atom stereocenters. The fourth-order valence-electron chi connectivity index (χ4n) is 3.12. The summed E-state index contributed by atoms with van der Waals surface area (Å²) < 4.78 is 10.1. The molecule has 0 spiro atoms. The summed E-state index contributed by atoms with van der Waals surface area (Å²) in [4.78, 5) is 26.8. The number of rotatable bonds is 4. The number of nitrogens with zero attached hydrogens (tertiary/aromatic N) is 1. The van der Waals surface area contributed by atoms with Gasteiger partial charge >= 0.3 is 5.97 Å². The van der Waals surface area contributed by atoms with Crippen LogP contribution in [0.15, 0.2) is 34.9 Å². The minimum absolute atomic E-state index is 0.103. The van der Waals surface area contributed by atoms with Gasteiger partial charge in [-0.3, -0.25) is 4.79 Å². The number of hydrogen-bond acceptors (Lipinski definition) is 5. The average Bonchev–Trinajstić information content (AvgIpc) is 3.30. The van der Waals surface area contributed by atoms with Gasteiger partial charge in [0.05, 0.1) is 18.9 Å². The van der Waals surface area contributed by atoms with Crippen LogP contribution in [-0.4, -0.2) is 30.4 Å². The van der Waals surface area contributed by atoms with Crippen molar-refractivity contribution in [1.29, 1.82) is 0 Å². The Morgan fingerprint density at radius 2 is 2.20 bits per heavy atom. The highest BCUT2D eigenvalue weighted by Gasteiger charge is 2.39. The first-order chi connectivity index (χ1) is 12.1. The second kappa shape index (κ2) is 6.11. The molecule has 0 radical (unpaired) electrons. The Morgan fingerprint density at radius 3 is 2.92 bits per heavy atom. The van der Waals surface area contributed by atoms with Gasteiger partial charge in [0.15, 0.2) is 0 Å². The van der Waals surface area contributed by atoms with Gasteiger partial charge in [-0.05, 0) is 43.0 Å². The molecule has 1 amide bonds. The summed E-state index contributed by atoms with van der Waals surface area (Å²) in [5.41, 5.74) is 1.80. The monoisotopic (exact) mass is 360 g/mol. The molecule has 7 heteroatoms. The third kappa shape index (κ3) is 2.87. The van der Waals surface area contributed by atoms with Crippen LogP contribution in [0.4, 0.5) is 5.69 Å². The Bertz CT molecular complexity index is 843. The molecular weight excluding hydrogens is 344 g/mol. The van der Waals surface area contributed by atoms with Crippen LogP contribution in [0.25, 0.3) is 0 Å². The number of fused-ring (bicyclic) bond motifs is 1. The molecule has 25 heavy (non-hydrogen) atoms. The number of furan rings is 1. The van der Waals surface area contributed by atoms with Crippen LogP contribution in [0.1, 0.15) is 45.5 Å². The fraction of sp³-hybridized carbons (Fsp3) is 0.333. The first-order valence-electron chi connectivity index (χ1n) is 8.11. The van der Waals surface area contributed by atoms with Crippen LogP contribution in [0.2, 0.25) is 5.02 Å². The first kappa shape index (κ1) is 16.0. The number of carbonyl (C=O) groups is 2. The molecule has 1 unspecified atom stereocenters. The Kier molecular flexibility index (Phi) is 3.92. The topological polar surface area (TPSA) is 71.8 Å². The van der Waals surface area contributed by atoms with E-state index in [2.05, 4.69) is 5.32 Å². The number of methoxy groups -OCH3 is 1. The Labute approximate surface area is 149 Å². The van der Waals surface area contributed by atoms with Crippen LogP contribution in [0.3, 0.4) is 0 Å². The van der Waals surface area contributed by atoms with Crippen molar-refractivity contribution in [2.75, 3.05) is 19.0 Å². The van der Waals surface area contributed by atoms with Crippen LogP contribution in [0.5, 0.6) is 0 Å². The van der Waals surface area contributed by atoms with E-state index in [4.69, 9.17) is 20.8 Å². The van der Waals surface area contributed by atoms with E-state index in [1.54, 1.807) is 29.2 Å². The van der Waals surface area contributed by atoms with Crippen molar-refractivity contribution in [2.45, 2.75) is 19.0 Å². The molecule has 1 aliphatic heterocycles. The summed E-state index contributed by atoms with van der Waals surface area (Å²) in [6.07, 6.45) is 3.15. The number of carbonyl (C=O) groups excluding carboxylic acids is 2. The number of hydrogen-bond donors (Lipinski definition) is 1. The molecule has 2 aromatic rings. The SMILES string of the molecule is COC(=O)c1occc1C1Nc2ccc(Cl)cc2C(=O)N1CC1CC1. The summed E-state index contributed by atoms with van der Waals surface area (Å²) in [5.74, 6) is -0.0823. The molecule has 1 aliphatic carbocycles. The number of amides is 1. The standard InChI is InChI=1S/C18H17ClN2O4/c1-24-18(23)15-12(6-7-25-15)16-20-14-5-4-11(19)8-13(14)17(22)21(16)9-10-2-3-10/h4-8,10,16,20H,2-3,9H2,1H3. The van der Waals surface area contributed by atoms with E-state index in [1.807, 2.05) is 0 Å². The van der Waals surface area contributed by atoms with Gasteiger partial charge in [-0.2, -0.15) is 0 Å². The van der Waals surface area contributed by atoms with Crippen molar-refractivity contribution in [3.05, 3.63) is 52.4 Å². The highest BCUT2D eigenvalue weighted by molar-refractivity contribution is 6.31. The van der Waals surface area contributed by atoms with Gasteiger partial charge in [-0.25, -0.2) is 4.79 Å². The van der Waals surface area contributed by atoms with Crippen molar-refractivity contribution >= 4 is 29.2 Å². The predicted octanol–water partition coefficient (Wildman–Crippen LogP) is 3.70. The van der Waals surface area contributed by atoms with Gasteiger partial charge in [0, 0.05) is 22.8 Å². The first-order valence-corrected chi connectivity index (χ1v) is 8.49. The van der Waals surface area contributed by atoms with Crippen molar-refractivity contribution in [1.82, 2.24) is 4.90 Å².